The molecule has 1 N–H and O–H groups in total. The molecule has 108 valence electrons. The second-order valence-corrected chi connectivity index (χ2v) is 5.43. The minimum absolute atomic E-state index is 0.687. The Bertz CT molecular complexity index is 394. The Morgan fingerprint density at radius 2 is 2.00 bits per heavy atom. The van der Waals surface area contributed by atoms with Crippen LogP contribution in [0.4, 0.5) is 5.69 Å². The fraction of sp³-hybridized carbons (Fsp3) is 0.600. The van der Waals surface area contributed by atoms with Crippen LogP contribution in [-0.4, -0.2) is 26.9 Å². The number of nitrogens with one attached hydrogen (secondary N) is 1. The number of methoxy groups -OCH3 is 1. The molecule has 1 aromatic rings. The molecule has 0 spiro atoms. The molecule has 0 unspecified atom stereocenters. The summed E-state index contributed by atoms with van der Waals surface area (Å²) in [5.74, 6) is 1.45. The highest BCUT2D eigenvalue weighted by Gasteiger charge is 2.06. The molecule has 1 aromatic carbocycles. The van der Waals surface area contributed by atoms with Crippen LogP contribution in [0.5, 0.6) is 5.75 Å². The first kappa shape index (κ1) is 16.1. The molecule has 0 amide bonds. The minimum Gasteiger partial charge on any atom is -0.495 e. The van der Waals surface area contributed by atoms with E-state index in [-0.39, 0.29) is 0 Å². The minimum atomic E-state index is 0.687. The van der Waals surface area contributed by atoms with Gasteiger partial charge < -0.3 is 14.8 Å². The van der Waals surface area contributed by atoms with E-state index < -0.39 is 0 Å². The van der Waals surface area contributed by atoms with Crippen molar-refractivity contribution in [3.63, 3.8) is 0 Å². The highest BCUT2D eigenvalue weighted by molar-refractivity contribution is 6.31. The summed E-state index contributed by atoms with van der Waals surface area (Å²) in [6, 6.07) is 3.83. The van der Waals surface area contributed by atoms with Crippen LogP contribution in [0, 0.1) is 12.8 Å². The normalized spacial score (nSPS) is 10.8. The third-order valence-corrected chi connectivity index (χ3v) is 3.29. The molecule has 0 saturated carbocycles. The van der Waals surface area contributed by atoms with E-state index in [1.54, 1.807) is 7.11 Å². The Morgan fingerprint density at radius 3 is 2.63 bits per heavy atom. The second kappa shape index (κ2) is 8.28. The molecule has 1 rings (SSSR count). The maximum Gasteiger partial charge on any atom is 0.143 e. The van der Waals surface area contributed by atoms with Crippen molar-refractivity contribution in [3.05, 3.63) is 22.7 Å². The van der Waals surface area contributed by atoms with E-state index in [4.69, 9.17) is 21.1 Å². The molecule has 3 nitrogen and oxygen atoms in total. The molecule has 0 atom stereocenters. The number of benzene rings is 1. The highest BCUT2D eigenvalue weighted by atomic mass is 35.5. The van der Waals surface area contributed by atoms with Gasteiger partial charge in [0.25, 0.3) is 0 Å². The standard InChI is InChI=1S/C15H24ClNO2/c1-11(2)5-7-19-8-6-17-14-9-12(3)13(16)10-15(14)18-4/h9-11,17H,5-8H2,1-4H3. The van der Waals surface area contributed by atoms with E-state index in [1.807, 2.05) is 19.1 Å². The monoisotopic (exact) mass is 285 g/mol. The van der Waals surface area contributed by atoms with Gasteiger partial charge in [-0.3, -0.25) is 0 Å². The van der Waals surface area contributed by atoms with E-state index >= 15 is 0 Å². The van der Waals surface area contributed by atoms with Crippen molar-refractivity contribution < 1.29 is 9.47 Å². The van der Waals surface area contributed by atoms with E-state index in [2.05, 4.69) is 19.2 Å². The van der Waals surface area contributed by atoms with Crippen LogP contribution in [0.3, 0.4) is 0 Å². The first-order valence-electron chi connectivity index (χ1n) is 6.70. The largest absolute Gasteiger partial charge is 0.495 e. The first-order chi connectivity index (χ1) is 9.04. The summed E-state index contributed by atoms with van der Waals surface area (Å²) in [6.07, 6.45) is 1.10. The molecular weight excluding hydrogens is 262 g/mol. The van der Waals surface area contributed by atoms with Crippen LogP contribution in [0.2, 0.25) is 5.02 Å². The Kier molecular flexibility index (Phi) is 7.03. The lowest BCUT2D eigenvalue weighted by Crippen LogP contribution is -2.11. The van der Waals surface area contributed by atoms with E-state index in [0.717, 1.165) is 41.6 Å². The Labute approximate surface area is 121 Å². The van der Waals surface area contributed by atoms with E-state index in [9.17, 15) is 0 Å². The van der Waals surface area contributed by atoms with Gasteiger partial charge in [-0.25, -0.2) is 0 Å². The van der Waals surface area contributed by atoms with Crippen molar-refractivity contribution in [2.45, 2.75) is 27.2 Å². The summed E-state index contributed by atoms with van der Waals surface area (Å²) in [5.41, 5.74) is 1.99. The number of aryl methyl sites for hydroxylation is 1. The molecule has 0 radical (unpaired) electrons. The zero-order valence-corrected chi connectivity index (χ0v) is 13.0. The number of rotatable bonds is 8. The lowest BCUT2D eigenvalue weighted by molar-refractivity contribution is 0.132. The maximum absolute atomic E-state index is 6.06. The molecule has 0 fully saturated rings. The van der Waals surface area contributed by atoms with Crippen molar-refractivity contribution in [2.24, 2.45) is 5.92 Å². The molecule has 0 bridgehead atoms. The SMILES string of the molecule is COc1cc(Cl)c(C)cc1NCCOCCC(C)C. The molecule has 4 heteroatoms. The van der Waals surface area contributed by atoms with E-state index in [1.165, 1.54) is 0 Å². The molecule has 0 saturated heterocycles. The van der Waals surface area contributed by atoms with Gasteiger partial charge >= 0.3 is 0 Å². The molecule has 0 aliphatic rings. The van der Waals surface area contributed by atoms with Crippen molar-refractivity contribution in [3.8, 4) is 5.75 Å². The van der Waals surface area contributed by atoms with Gasteiger partial charge in [0.05, 0.1) is 19.4 Å². The van der Waals surface area contributed by atoms with Gasteiger partial charge in [0.15, 0.2) is 0 Å². The smallest absolute Gasteiger partial charge is 0.143 e. The molecule has 0 heterocycles. The van der Waals surface area contributed by atoms with Crippen LogP contribution in [0.15, 0.2) is 12.1 Å². The van der Waals surface area contributed by atoms with Crippen LogP contribution < -0.4 is 10.1 Å². The molecular formula is C15H24ClNO2. The van der Waals surface area contributed by atoms with Crippen molar-refractivity contribution >= 4 is 17.3 Å². The number of ether oxygens (including phenoxy) is 2. The quantitative estimate of drug-likeness (QED) is 0.729. The Balaban J connectivity index is 2.38. The average Bonchev–Trinajstić information content (AvgIpc) is 2.36. The highest BCUT2D eigenvalue weighted by Crippen LogP contribution is 2.30. The third kappa shape index (κ3) is 5.70. The van der Waals surface area contributed by atoms with Crippen LogP contribution >= 0.6 is 11.6 Å². The van der Waals surface area contributed by atoms with Gasteiger partial charge in [0.1, 0.15) is 5.75 Å². The van der Waals surface area contributed by atoms with Gasteiger partial charge in [-0.15, -0.1) is 0 Å². The Hall–Kier alpha value is -0.930. The fourth-order valence-electron chi connectivity index (χ4n) is 1.65. The number of hydrogen-bond acceptors (Lipinski definition) is 3. The lowest BCUT2D eigenvalue weighted by atomic mass is 10.1. The van der Waals surface area contributed by atoms with Crippen LogP contribution in [0.25, 0.3) is 0 Å². The topological polar surface area (TPSA) is 30.5 Å². The van der Waals surface area contributed by atoms with Gasteiger partial charge in [-0.05, 0) is 30.9 Å². The first-order valence-corrected chi connectivity index (χ1v) is 7.08. The fourth-order valence-corrected chi connectivity index (χ4v) is 1.80. The van der Waals surface area contributed by atoms with Crippen LogP contribution in [0.1, 0.15) is 25.8 Å². The average molecular weight is 286 g/mol. The van der Waals surface area contributed by atoms with Crippen molar-refractivity contribution in [1.82, 2.24) is 0 Å². The number of halogens is 1. The number of anilines is 1. The summed E-state index contributed by atoms with van der Waals surface area (Å²) in [4.78, 5) is 0. The molecule has 0 aliphatic carbocycles. The summed E-state index contributed by atoms with van der Waals surface area (Å²) < 4.78 is 10.9. The summed E-state index contributed by atoms with van der Waals surface area (Å²) in [6.45, 7) is 8.64. The van der Waals surface area contributed by atoms with Crippen LogP contribution in [-0.2, 0) is 4.74 Å². The zero-order valence-electron chi connectivity index (χ0n) is 12.3. The molecule has 0 aliphatic heterocycles. The third-order valence-electron chi connectivity index (χ3n) is 2.88. The predicted molar refractivity (Wildman–Crippen MR) is 81.5 cm³/mol. The maximum atomic E-state index is 6.06. The lowest BCUT2D eigenvalue weighted by Gasteiger charge is -2.13. The van der Waals surface area contributed by atoms with Gasteiger partial charge in [-0.1, -0.05) is 25.4 Å². The molecule has 0 aromatic heterocycles. The van der Waals surface area contributed by atoms with Gasteiger partial charge in [0, 0.05) is 24.2 Å². The summed E-state index contributed by atoms with van der Waals surface area (Å²) in [5, 5.41) is 4.03. The summed E-state index contributed by atoms with van der Waals surface area (Å²) in [7, 11) is 1.64. The molecule has 19 heavy (non-hydrogen) atoms. The Morgan fingerprint density at radius 1 is 1.26 bits per heavy atom. The van der Waals surface area contributed by atoms with Gasteiger partial charge in [0.2, 0.25) is 0 Å². The van der Waals surface area contributed by atoms with Gasteiger partial charge in [-0.2, -0.15) is 0 Å². The zero-order chi connectivity index (χ0) is 14.3. The summed E-state index contributed by atoms with van der Waals surface area (Å²) >= 11 is 6.06. The number of hydrogen-bond donors (Lipinski definition) is 1. The second-order valence-electron chi connectivity index (χ2n) is 5.02. The van der Waals surface area contributed by atoms with Crippen molar-refractivity contribution in [1.29, 1.82) is 0 Å². The van der Waals surface area contributed by atoms with E-state index in [0.29, 0.717) is 12.5 Å². The van der Waals surface area contributed by atoms with Crippen molar-refractivity contribution in [2.75, 3.05) is 32.2 Å². The predicted octanol–water partition coefficient (Wildman–Crippen LogP) is 4.13.